The Balaban J connectivity index is 2.69. The molecule has 0 saturated heterocycles. The summed E-state index contributed by atoms with van der Waals surface area (Å²) in [7, 11) is 0. The maximum Gasteiger partial charge on any atom is 0.251 e. The number of nitrogens with two attached hydrogens (primary N) is 1. The fourth-order valence-electron chi connectivity index (χ4n) is 1.92. The lowest BCUT2D eigenvalue weighted by Gasteiger charge is -2.15. The molecule has 0 aliphatic carbocycles. The molecule has 0 unspecified atom stereocenters. The minimum atomic E-state index is -0.895. The highest BCUT2D eigenvalue weighted by Crippen LogP contribution is 2.10. The molecule has 1 atom stereocenters. The van der Waals surface area contributed by atoms with Crippen LogP contribution in [0.1, 0.15) is 43.5 Å². The van der Waals surface area contributed by atoms with Crippen molar-refractivity contribution in [3.63, 3.8) is 0 Å². The van der Waals surface area contributed by atoms with Crippen LogP contribution in [0.5, 0.6) is 0 Å². The van der Waals surface area contributed by atoms with Gasteiger partial charge in [-0.15, -0.1) is 0 Å². The van der Waals surface area contributed by atoms with Crippen LogP contribution in [0.3, 0.4) is 0 Å². The monoisotopic (exact) mass is 319 g/mol. The Morgan fingerprint density at radius 3 is 2.22 bits per heavy atom. The summed E-state index contributed by atoms with van der Waals surface area (Å²) in [6.07, 6.45) is 0.744. The van der Waals surface area contributed by atoms with Gasteiger partial charge in [-0.1, -0.05) is 6.92 Å². The number of Topliss-reactive ketones (excluding diaryl/α,β-unsaturated/α-hetero) is 1. The van der Waals surface area contributed by atoms with Gasteiger partial charge in [-0.05, 0) is 30.7 Å². The van der Waals surface area contributed by atoms with Gasteiger partial charge < -0.3 is 16.4 Å². The maximum absolute atomic E-state index is 12.1. The lowest BCUT2D eigenvalue weighted by molar-refractivity contribution is -0.121. The van der Waals surface area contributed by atoms with E-state index in [-0.39, 0.29) is 24.5 Å². The highest BCUT2D eigenvalue weighted by Gasteiger charge is 2.19. The predicted molar refractivity (Wildman–Crippen MR) is 85.7 cm³/mol. The number of amides is 3. The van der Waals surface area contributed by atoms with Crippen molar-refractivity contribution in [2.45, 2.75) is 39.2 Å². The Morgan fingerprint density at radius 1 is 1.13 bits per heavy atom. The number of anilines is 1. The first kappa shape index (κ1) is 18.3. The number of nitrogens with one attached hydrogen (secondary N) is 2. The van der Waals surface area contributed by atoms with Crippen molar-refractivity contribution in [3.8, 4) is 0 Å². The minimum absolute atomic E-state index is 0.00478. The van der Waals surface area contributed by atoms with Gasteiger partial charge in [-0.2, -0.15) is 0 Å². The molecule has 0 aliphatic rings. The molecular formula is C16H21N3O4. The molecule has 0 aromatic heterocycles. The second kappa shape index (κ2) is 8.67. The number of benzene rings is 1. The molecular weight excluding hydrogens is 298 g/mol. The molecule has 0 spiro atoms. The summed E-state index contributed by atoms with van der Waals surface area (Å²) in [5.41, 5.74) is 6.15. The third kappa shape index (κ3) is 6.29. The molecule has 23 heavy (non-hydrogen) atoms. The fraction of sp³-hybridized carbons (Fsp3) is 0.375. The molecule has 3 amide bonds. The summed E-state index contributed by atoms with van der Waals surface area (Å²) in [6, 6.07) is 5.31. The highest BCUT2D eigenvalue weighted by molar-refractivity contribution is 5.98. The molecule has 7 nitrogen and oxygen atoms in total. The molecule has 1 rings (SSSR count). The van der Waals surface area contributed by atoms with E-state index in [1.54, 1.807) is 19.1 Å². The fourth-order valence-corrected chi connectivity index (χ4v) is 1.92. The molecule has 1 aromatic rings. The van der Waals surface area contributed by atoms with Gasteiger partial charge in [0.2, 0.25) is 11.8 Å². The van der Waals surface area contributed by atoms with E-state index in [9.17, 15) is 19.2 Å². The van der Waals surface area contributed by atoms with E-state index in [1.807, 2.05) is 0 Å². The summed E-state index contributed by atoms with van der Waals surface area (Å²) in [6.45, 7) is 3.12. The van der Waals surface area contributed by atoms with Crippen LogP contribution in [0.2, 0.25) is 0 Å². The van der Waals surface area contributed by atoms with Crippen molar-refractivity contribution in [1.82, 2.24) is 5.32 Å². The highest BCUT2D eigenvalue weighted by atomic mass is 16.2. The van der Waals surface area contributed by atoms with Gasteiger partial charge in [0.1, 0.15) is 11.8 Å². The quantitative estimate of drug-likeness (QED) is 0.662. The third-order valence-corrected chi connectivity index (χ3v) is 3.22. The normalized spacial score (nSPS) is 11.4. The van der Waals surface area contributed by atoms with E-state index < -0.39 is 17.9 Å². The summed E-state index contributed by atoms with van der Waals surface area (Å²) in [4.78, 5) is 45.8. The lowest BCUT2D eigenvalue weighted by Crippen LogP contribution is -2.44. The van der Waals surface area contributed by atoms with E-state index >= 15 is 0 Å². The zero-order valence-electron chi connectivity index (χ0n) is 13.2. The number of hydrogen-bond acceptors (Lipinski definition) is 4. The summed E-state index contributed by atoms with van der Waals surface area (Å²) < 4.78 is 0. The van der Waals surface area contributed by atoms with E-state index in [0.717, 1.165) is 0 Å². The van der Waals surface area contributed by atoms with E-state index in [4.69, 9.17) is 5.73 Å². The Labute approximate surface area is 134 Å². The van der Waals surface area contributed by atoms with Crippen molar-refractivity contribution in [2.75, 3.05) is 5.32 Å². The molecule has 0 saturated carbocycles. The van der Waals surface area contributed by atoms with Crippen LogP contribution >= 0.6 is 0 Å². The number of carbonyl (C=O) groups excluding carboxylic acids is 4. The van der Waals surface area contributed by atoms with Crippen LogP contribution in [-0.4, -0.2) is 29.5 Å². The van der Waals surface area contributed by atoms with Gasteiger partial charge in [-0.25, -0.2) is 0 Å². The van der Waals surface area contributed by atoms with Gasteiger partial charge in [0.15, 0.2) is 0 Å². The van der Waals surface area contributed by atoms with Gasteiger partial charge in [0.05, 0.1) is 0 Å². The Hall–Kier alpha value is -2.70. The van der Waals surface area contributed by atoms with Crippen molar-refractivity contribution in [2.24, 2.45) is 5.73 Å². The first-order valence-electron chi connectivity index (χ1n) is 7.33. The molecule has 0 radical (unpaired) electrons. The van der Waals surface area contributed by atoms with Crippen LogP contribution in [-0.2, 0) is 14.4 Å². The standard InChI is InChI=1S/C16H21N3O4/c1-3-13(21)8-9-14(15(17)22)19-16(23)11-4-6-12(7-5-11)18-10(2)20/h4-7,14H,3,8-9H2,1-2H3,(H2,17,22)(H,18,20)(H,19,23)/t14-/m0/s1. The molecule has 4 N–H and O–H groups in total. The third-order valence-electron chi connectivity index (χ3n) is 3.22. The van der Waals surface area contributed by atoms with Crippen molar-refractivity contribution in [1.29, 1.82) is 0 Å². The smallest absolute Gasteiger partial charge is 0.251 e. The Bertz CT molecular complexity index is 596. The molecule has 0 bridgehead atoms. The van der Waals surface area contributed by atoms with Crippen molar-refractivity contribution in [3.05, 3.63) is 29.8 Å². The average molecular weight is 319 g/mol. The summed E-state index contributed by atoms with van der Waals surface area (Å²) in [5, 5.41) is 5.11. The Morgan fingerprint density at radius 2 is 1.74 bits per heavy atom. The van der Waals surface area contributed by atoms with Crippen LogP contribution in [0.15, 0.2) is 24.3 Å². The zero-order valence-corrected chi connectivity index (χ0v) is 13.2. The van der Waals surface area contributed by atoms with Crippen molar-refractivity contribution < 1.29 is 19.2 Å². The molecule has 7 heteroatoms. The lowest BCUT2D eigenvalue weighted by atomic mass is 10.1. The Kier molecular flexibility index (Phi) is 6.92. The maximum atomic E-state index is 12.1. The number of rotatable bonds is 8. The number of ketones is 1. The van der Waals surface area contributed by atoms with Crippen LogP contribution in [0, 0.1) is 0 Å². The van der Waals surface area contributed by atoms with Crippen LogP contribution < -0.4 is 16.4 Å². The summed E-state index contributed by atoms with van der Waals surface area (Å²) in [5.74, 6) is -1.36. The largest absolute Gasteiger partial charge is 0.368 e. The second-order valence-corrected chi connectivity index (χ2v) is 5.12. The van der Waals surface area contributed by atoms with Crippen molar-refractivity contribution >= 4 is 29.2 Å². The average Bonchev–Trinajstić information content (AvgIpc) is 2.50. The number of carbonyl (C=O) groups is 4. The molecule has 124 valence electrons. The van der Waals surface area contributed by atoms with Gasteiger partial charge in [-0.3, -0.25) is 19.2 Å². The molecule has 0 heterocycles. The van der Waals surface area contributed by atoms with Gasteiger partial charge >= 0.3 is 0 Å². The molecule has 0 aliphatic heterocycles. The minimum Gasteiger partial charge on any atom is -0.368 e. The van der Waals surface area contributed by atoms with Crippen LogP contribution in [0.4, 0.5) is 5.69 Å². The van der Waals surface area contributed by atoms with E-state index in [2.05, 4.69) is 10.6 Å². The van der Waals surface area contributed by atoms with E-state index in [1.165, 1.54) is 19.1 Å². The summed E-state index contributed by atoms with van der Waals surface area (Å²) >= 11 is 0. The predicted octanol–water partition coefficient (Wildman–Crippen LogP) is 0.988. The first-order chi connectivity index (χ1) is 10.8. The molecule has 0 fully saturated rings. The first-order valence-corrected chi connectivity index (χ1v) is 7.33. The number of hydrogen-bond donors (Lipinski definition) is 3. The SMILES string of the molecule is CCC(=O)CC[C@H](NC(=O)c1ccc(NC(C)=O)cc1)C(N)=O. The van der Waals surface area contributed by atoms with Gasteiger partial charge in [0, 0.05) is 31.0 Å². The van der Waals surface area contributed by atoms with Crippen LogP contribution in [0.25, 0.3) is 0 Å². The van der Waals surface area contributed by atoms with E-state index in [0.29, 0.717) is 17.7 Å². The number of primary amides is 1. The zero-order chi connectivity index (χ0) is 17.4. The topological polar surface area (TPSA) is 118 Å². The molecule has 1 aromatic carbocycles. The second-order valence-electron chi connectivity index (χ2n) is 5.12. The van der Waals surface area contributed by atoms with Gasteiger partial charge in [0.25, 0.3) is 5.91 Å².